The maximum atomic E-state index is 12.2. The number of ether oxygens (including phenoxy) is 1. The van der Waals surface area contributed by atoms with Crippen molar-refractivity contribution < 1.29 is 17.9 Å². The van der Waals surface area contributed by atoms with Gasteiger partial charge < -0.3 is 14.6 Å². The van der Waals surface area contributed by atoms with Crippen molar-refractivity contribution in [1.29, 1.82) is 0 Å². The number of carbonyl (C=O) groups is 1. The molecule has 6 nitrogen and oxygen atoms in total. The van der Waals surface area contributed by atoms with Crippen molar-refractivity contribution >= 4 is 25.6 Å². The van der Waals surface area contributed by atoms with E-state index in [1.54, 1.807) is 4.57 Å². The van der Waals surface area contributed by atoms with Gasteiger partial charge in [-0.2, -0.15) is 0 Å². The summed E-state index contributed by atoms with van der Waals surface area (Å²) in [5, 5.41) is 2.72. The van der Waals surface area contributed by atoms with Gasteiger partial charge in [0.15, 0.2) is 0 Å². The van der Waals surface area contributed by atoms with Crippen molar-refractivity contribution in [2.24, 2.45) is 0 Å². The second kappa shape index (κ2) is 6.37. The largest absolute Gasteiger partial charge is 0.377 e. The molecule has 1 heterocycles. The Morgan fingerprint density at radius 2 is 2.19 bits per heavy atom. The first kappa shape index (κ1) is 16.3. The van der Waals surface area contributed by atoms with Gasteiger partial charge in [0.1, 0.15) is 10.6 Å². The maximum Gasteiger partial charge on any atom is 0.268 e. The van der Waals surface area contributed by atoms with E-state index in [4.69, 9.17) is 15.4 Å². The van der Waals surface area contributed by atoms with Gasteiger partial charge in [-0.3, -0.25) is 4.79 Å². The van der Waals surface area contributed by atoms with Crippen molar-refractivity contribution in [1.82, 2.24) is 9.88 Å². The Kier molecular flexibility index (Phi) is 4.95. The molecular formula is C13H19ClN2O4S. The van der Waals surface area contributed by atoms with Crippen LogP contribution < -0.4 is 5.32 Å². The number of nitrogens with zero attached hydrogens (tertiary/aromatic N) is 1. The smallest absolute Gasteiger partial charge is 0.268 e. The average molecular weight is 335 g/mol. The van der Waals surface area contributed by atoms with Crippen LogP contribution in [-0.2, 0) is 13.8 Å². The normalized spacial score (nSPS) is 15.4. The first-order chi connectivity index (χ1) is 9.79. The molecule has 1 aliphatic carbocycles. The molecule has 0 unspecified atom stereocenters. The molecule has 8 heteroatoms. The minimum absolute atomic E-state index is 0.0420. The summed E-state index contributed by atoms with van der Waals surface area (Å²) in [4.78, 5) is 12.1. The van der Waals surface area contributed by atoms with Crippen LogP contribution >= 0.6 is 10.7 Å². The molecule has 0 aromatic carbocycles. The molecule has 118 valence electrons. The highest BCUT2D eigenvalue weighted by molar-refractivity contribution is 8.13. The third kappa shape index (κ3) is 4.46. The van der Waals surface area contributed by atoms with Crippen LogP contribution in [0.25, 0.3) is 0 Å². The van der Waals surface area contributed by atoms with E-state index in [2.05, 4.69) is 5.32 Å². The summed E-state index contributed by atoms with van der Waals surface area (Å²) in [5.41, 5.74) is 0.321. The number of rotatable bonds is 7. The lowest BCUT2D eigenvalue weighted by Gasteiger charge is -2.10. The molecular weight excluding hydrogens is 316 g/mol. The molecule has 2 rings (SSSR count). The molecule has 1 saturated carbocycles. The first-order valence-electron chi connectivity index (χ1n) is 6.85. The van der Waals surface area contributed by atoms with E-state index in [-0.39, 0.29) is 22.9 Å². The SMILES string of the molecule is CC(C)OCCNC(=O)c1cc(S(=O)(=O)Cl)cn1C1CC1. The minimum atomic E-state index is -3.83. The van der Waals surface area contributed by atoms with Crippen molar-refractivity contribution in [3.8, 4) is 0 Å². The summed E-state index contributed by atoms with van der Waals surface area (Å²) in [6.07, 6.45) is 3.41. The zero-order chi connectivity index (χ0) is 15.6. The fourth-order valence-corrected chi connectivity index (χ4v) is 2.72. The highest BCUT2D eigenvalue weighted by atomic mass is 35.7. The topological polar surface area (TPSA) is 77.4 Å². The van der Waals surface area contributed by atoms with E-state index in [9.17, 15) is 13.2 Å². The molecule has 21 heavy (non-hydrogen) atoms. The molecule has 1 N–H and O–H groups in total. The Hall–Kier alpha value is -1.05. The van der Waals surface area contributed by atoms with E-state index in [1.165, 1.54) is 12.3 Å². The molecule has 0 saturated heterocycles. The van der Waals surface area contributed by atoms with Crippen molar-refractivity contribution in [3.63, 3.8) is 0 Å². The summed E-state index contributed by atoms with van der Waals surface area (Å²) < 4.78 is 29.8. The molecule has 1 aromatic rings. The van der Waals surface area contributed by atoms with E-state index < -0.39 is 9.05 Å². The number of aromatic nitrogens is 1. The molecule has 1 aromatic heterocycles. The number of amides is 1. The minimum Gasteiger partial charge on any atom is -0.377 e. The molecule has 0 radical (unpaired) electrons. The standard InChI is InChI=1S/C13H19ClN2O4S/c1-9(2)20-6-5-15-13(17)12-7-11(21(14,18)19)8-16(12)10-3-4-10/h7-10H,3-6H2,1-2H3,(H,15,17). The van der Waals surface area contributed by atoms with Gasteiger partial charge in [-0.1, -0.05) is 0 Å². The van der Waals surface area contributed by atoms with E-state index in [0.29, 0.717) is 18.8 Å². The van der Waals surface area contributed by atoms with Crippen LogP contribution in [0.1, 0.15) is 43.2 Å². The lowest BCUT2D eigenvalue weighted by atomic mass is 10.4. The molecule has 1 fully saturated rings. The molecule has 1 aliphatic rings. The lowest BCUT2D eigenvalue weighted by molar-refractivity contribution is 0.0743. The van der Waals surface area contributed by atoms with Crippen LogP contribution in [0.3, 0.4) is 0 Å². The van der Waals surface area contributed by atoms with Gasteiger partial charge >= 0.3 is 0 Å². The fourth-order valence-electron chi connectivity index (χ4n) is 1.97. The highest BCUT2D eigenvalue weighted by Crippen LogP contribution is 2.37. The maximum absolute atomic E-state index is 12.2. The Morgan fingerprint density at radius 1 is 1.52 bits per heavy atom. The zero-order valence-corrected chi connectivity index (χ0v) is 13.6. The summed E-state index contributed by atoms with van der Waals surface area (Å²) in [7, 11) is 1.51. The summed E-state index contributed by atoms with van der Waals surface area (Å²) in [5.74, 6) is -0.319. The number of hydrogen-bond acceptors (Lipinski definition) is 4. The van der Waals surface area contributed by atoms with E-state index >= 15 is 0 Å². The third-order valence-electron chi connectivity index (χ3n) is 3.12. The van der Waals surface area contributed by atoms with Crippen molar-refractivity contribution in [2.75, 3.05) is 13.2 Å². The molecule has 0 atom stereocenters. The van der Waals surface area contributed by atoms with Crippen LogP contribution in [0.15, 0.2) is 17.2 Å². The number of carbonyl (C=O) groups excluding carboxylic acids is 1. The average Bonchev–Trinajstić information content (AvgIpc) is 3.11. The Balaban J connectivity index is 2.07. The molecule has 1 amide bonds. The van der Waals surface area contributed by atoms with Gasteiger partial charge in [-0.05, 0) is 32.8 Å². The number of halogens is 1. The van der Waals surface area contributed by atoms with Gasteiger partial charge in [0.25, 0.3) is 15.0 Å². The molecule has 0 spiro atoms. The summed E-state index contributed by atoms with van der Waals surface area (Å²) >= 11 is 0. The van der Waals surface area contributed by atoms with Gasteiger partial charge in [0, 0.05) is 29.5 Å². The van der Waals surface area contributed by atoms with Crippen LogP contribution in [0, 0.1) is 0 Å². The Labute approximate surface area is 128 Å². The van der Waals surface area contributed by atoms with E-state index in [1.807, 2.05) is 13.8 Å². The Bertz CT molecular complexity index is 620. The summed E-state index contributed by atoms with van der Waals surface area (Å²) in [6, 6.07) is 1.50. The zero-order valence-electron chi connectivity index (χ0n) is 12.0. The fraction of sp³-hybridized carbons (Fsp3) is 0.615. The van der Waals surface area contributed by atoms with Crippen LogP contribution in [0.2, 0.25) is 0 Å². The predicted octanol–water partition coefficient (Wildman–Crippen LogP) is 1.91. The quantitative estimate of drug-likeness (QED) is 0.610. The monoisotopic (exact) mass is 334 g/mol. The Morgan fingerprint density at radius 3 is 2.71 bits per heavy atom. The van der Waals surface area contributed by atoms with Crippen molar-refractivity contribution in [2.45, 2.75) is 43.7 Å². The lowest BCUT2D eigenvalue weighted by Crippen LogP contribution is -2.29. The van der Waals surface area contributed by atoms with Gasteiger partial charge in [-0.25, -0.2) is 8.42 Å². The van der Waals surface area contributed by atoms with Crippen molar-refractivity contribution in [3.05, 3.63) is 18.0 Å². The third-order valence-corrected chi connectivity index (χ3v) is 4.44. The van der Waals surface area contributed by atoms with Crippen LogP contribution in [0.4, 0.5) is 0 Å². The van der Waals surface area contributed by atoms with Crippen LogP contribution in [-0.4, -0.2) is 38.1 Å². The molecule has 0 aliphatic heterocycles. The van der Waals surface area contributed by atoms with Gasteiger partial charge in [-0.15, -0.1) is 0 Å². The predicted molar refractivity (Wildman–Crippen MR) is 79.2 cm³/mol. The second-order valence-electron chi connectivity index (χ2n) is 5.31. The number of nitrogens with one attached hydrogen (secondary N) is 1. The first-order valence-corrected chi connectivity index (χ1v) is 9.16. The summed E-state index contributed by atoms with van der Waals surface area (Å²) in [6.45, 7) is 4.61. The van der Waals surface area contributed by atoms with Gasteiger partial charge in [0.2, 0.25) is 0 Å². The second-order valence-corrected chi connectivity index (χ2v) is 7.88. The molecule has 0 bridgehead atoms. The highest BCUT2D eigenvalue weighted by Gasteiger charge is 2.29. The van der Waals surface area contributed by atoms with E-state index in [0.717, 1.165) is 12.8 Å². The van der Waals surface area contributed by atoms with Crippen LogP contribution in [0.5, 0.6) is 0 Å². The number of hydrogen-bond donors (Lipinski definition) is 1. The van der Waals surface area contributed by atoms with Gasteiger partial charge in [0.05, 0.1) is 12.7 Å².